The molecule has 0 saturated carbocycles. The fourth-order valence-electron chi connectivity index (χ4n) is 2.19. The molecule has 0 bridgehead atoms. The van der Waals surface area contributed by atoms with Crippen LogP contribution in [-0.2, 0) is 11.2 Å². The minimum atomic E-state index is -1.07. The molecule has 104 valence electrons. The molecule has 4 heteroatoms. The molecule has 1 atom stereocenters. The molecule has 0 fully saturated rings. The second kappa shape index (κ2) is 6.45. The van der Waals surface area contributed by atoms with Gasteiger partial charge in [-0.3, -0.25) is 10.1 Å². The SMILES string of the molecule is CC(=O)C[C@@H](CCc1ccccc1)C(C)(C)[N+](=O)[O-]. The first-order valence-corrected chi connectivity index (χ1v) is 6.52. The zero-order valence-corrected chi connectivity index (χ0v) is 11.8. The molecule has 1 aromatic carbocycles. The van der Waals surface area contributed by atoms with Crippen LogP contribution in [0.15, 0.2) is 30.3 Å². The van der Waals surface area contributed by atoms with Gasteiger partial charge in [0.1, 0.15) is 5.78 Å². The van der Waals surface area contributed by atoms with Gasteiger partial charge < -0.3 is 4.79 Å². The van der Waals surface area contributed by atoms with Gasteiger partial charge in [0, 0.05) is 31.1 Å². The number of benzene rings is 1. The molecule has 0 aromatic heterocycles. The molecular weight excluding hydrogens is 242 g/mol. The topological polar surface area (TPSA) is 60.2 Å². The first-order chi connectivity index (χ1) is 8.84. The number of Topliss-reactive ketones (excluding diaryl/α,β-unsaturated/α-hetero) is 1. The van der Waals surface area contributed by atoms with Crippen LogP contribution >= 0.6 is 0 Å². The average Bonchev–Trinajstić information content (AvgIpc) is 2.35. The predicted molar refractivity (Wildman–Crippen MR) is 74.6 cm³/mol. The molecule has 0 aliphatic rings. The maximum absolute atomic E-state index is 11.3. The van der Waals surface area contributed by atoms with E-state index in [1.165, 1.54) is 6.92 Å². The van der Waals surface area contributed by atoms with Crippen LogP contribution in [0.3, 0.4) is 0 Å². The highest BCUT2D eigenvalue weighted by Crippen LogP contribution is 2.28. The molecule has 0 N–H and O–H groups in total. The van der Waals surface area contributed by atoms with Crippen molar-refractivity contribution >= 4 is 5.78 Å². The molecule has 0 amide bonds. The molecule has 19 heavy (non-hydrogen) atoms. The van der Waals surface area contributed by atoms with Crippen LogP contribution in [0.4, 0.5) is 0 Å². The smallest absolute Gasteiger partial charge is 0.220 e. The van der Waals surface area contributed by atoms with Crippen LogP contribution in [0.1, 0.15) is 39.2 Å². The van der Waals surface area contributed by atoms with Crippen molar-refractivity contribution in [2.75, 3.05) is 0 Å². The Bertz CT molecular complexity index is 440. The molecule has 0 radical (unpaired) electrons. The number of carbonyl (C=O) groups excluding carboxylic acids is 1. The van der Waals surface area contributed by atoms with E-state index in [9.17, 15) is 14.9 Å². The molecule has 4 nitrogen and oxygen atoms in total. The maximum Gasteiger partial charge on any atom is 0.220 e. The van der Waals surface area contributed by atoms with E-state index < -0.39 is 5.54 Å². The zero-order chi connectivity index (χ0) is 14.5. The molecule has 0 aliphatic carbocycles. The fraction of sp³-hybridized carbons (Fsp3) is 0.533. The molecule has 0 aliphatic heterocycles. The van der Waals surface area contributed by atoms with Crippen molar-refractivity contribution in [2.24, 2.45) is 5.92 Å². The Kier molecular flexibility index (Phi) is 5.21. The Labute approximate surface area is 114 Å². The van der Waals surface area contributed by atoms with E-state index in [0.717, 1.165) is 12.0 Å². The van der Waals surface area contributed by atoms with E-state index in [-0.39, 0.29) is 23.0 Å². The highest BCUT2D eigenvalue weighted by Gasteiger charge is 2.40. The Balaban J connectivity index is 2.75. The maximum atomic E-state index is 11.3. The molecular formula is C15H21NO3. The van der Waals surface area contributed by atoms with Crippen molar-refractivity contribution < 1.29 is 9.72 Å². The van der Waals surface area contributed by atoms with Gasteiger partial charge in [-0.1, -0.05) is 30.3 Å². The van der Waals surface area contributed by atoms with Crippen LogP contribution in [0.25, 0.3) is 0 Å². The summed E-state index contributed by atoms with van der Waals surface area (Å²) >= 11 is 0. The summed E-state index contributed by atoms with van der Waals surface area (Å²) in [5.74, 6) is -0.229. The summed E-state index contributed by atoms with van der Waals surface area (Å²) in [6.07, 6.45) is 1.68. The van der Waals surface area contributed by atoms with Crippen LogP contribution in [0, 0.1) is 16.0 Å². The number of rotatable bonds is 7. The highest BCUT2D eigenvalue weighted by molar-refractivity contribution is 5.75. The number of hydrogen-bond donors (Lipinski definition) is 0. The third kappa shape index (κ3) is 4.47. The van der Waals surface area contributed by atoms with Crippen LogP contribution < -0.4 is 0 Å². The summed E-state index contributed by atoms with van der Waals surface area (Å²) in [6.45, 7) is 4.70. The number of hydrogen-bond acceptors (Lipinski definition) is 3. The zero-order valence-electron chi connectivity index (χ0n) is 11.8. The standard InChI is InChI=1S/C15H21NO3/c1-12(17)11-14(15(2,3)16(18)19)10-9-13-7-5-4-6-8-13/h4-8,14H,9-11H2,1-3H3/t14-/m1/s1. The van der Waals surface area contributed by atoms with E-state index >= 15 is 0 Å². The molecule has 1 aromatic rings. The summed E-state index contributed by atoms with van der Waals surface area (Å²) in [6, 6.07) is 9.85. The lowest BCUT2D eigenvalue weighted by atomic mass is 9.80. The van der Waals surface area contributed by atoms with Gasteiger partial charge in [0.25, 0.3) is 0 Å². The van der Waals surface area contributed by atoms with Crippen molar-refractivity contribution in [1.82, 2.24) is 0 Å². The third-order valence-corrected chi connectivity index (χ3v) is 3.63. The van der Waals surface area contributed by atoms with Crippen LogP contribution in [-0.4, -0.2) is 16.2 Å². The first kappa shape index (κ1) is 15.3. The molecule has 0 saturated heterocycles. The number of aryl methyl sites for hydroxylation is 1. The lowest BCUT2D eigenvalue weighted by molar-refractivity contribution is -0.571. The molecule has 0 spiro atoms. The van der Waals surface area contributed by atoms with Crippen molar-refractivity contribution in [3.05, 3.63) is 46.0 Å². The lowest BCUT2D eigenvalue weighted by Crippen LogP contribution is -2.40. The van der Waals surface area contributed by atoms with Crippen molar-refractivity contribution in [2.45, 2.75) is 45.6 Å². The average molecular weight is 263 g/mol. The third-order valence-electron chi connectivity index (χ3n) is 3.63. The number of carbonyl (C=O) groups is 1. The minimum Gasteiger partial charge on any atom is -0.300 e. The minimum absolute atomic E-state index is 0.00740. The van der Waals surface area contributed by atoms with Crippen molar-refractivity contribution in [3.63, 3.8) is 0 Å². The van der Waals surface area contributed by atoms with E-state index in [0.29, 0.717) is 6.42 Å². The van der Waals surface area contributed by atoms with Gasteiger partial charge >= 0.3 is 0 Å². The summed E-state index contributed by atoms with van der Waals surface area (Å²) in [4.78, 5) is 22.2. The Morgan fingerprint density at radius 1 is 1.32 bits per heavy atom. The van der Waals surface area contributed by atoms with E-state index in [1.807, 2.05) is 30.3 Å². The van der Waals surface area contributed by atoms with Gasteiger partial charge in [-0.05, 0) is 25.3 Å². The molecule has 1 rings (SSSR count). The Hall–Kier alpha value is -1.71. The fourth-order valence-corrected chi connectivity index (χ4v) is 2.19. The van der Waals surface area contributed by atoms with Crippen molar-refractivity contribution in [3.8, 4) is 0 Å². The van der Waals surface area contributed by atoms with Gasteiger partial charge in [0.15, 0.2) is 0 Å². The number of nitrogens with zero attached hydrogens (tertiary/aromatic N) is 1. The van der Waals surface area contributed by atoms with Gasteiger partial charge in [0.05, 0.1) is 0 Å². The molecule has 0 unspecified atom stereocenters. The van der Waals surface area contributed by atoms with Gasteiger partial charge in [0.2, 0.25) is 5.54 Å². The van der Waals surface area contributed by atoms with E-state index in [2.05, 4.69) is 0 Å². The summed E-state index contributed by atoms with van der Waals surface area (Å²) < 4.78 is 0. The van der Waals surface area contributed by atoms with Gasteiger partial charge in [-0.25, -0.2) is 0 Å². The second-order valence-electron chi connectivity index (χ2n) is 5.54. The highest BCUT2D eigenvalue weighted by atomic mass is 16.6. The monoisotopic (exact) mass is 263 g/mol. The van der Waals surface area contributed by atoms with Crippen LogP contribution in [0.2, 0.25) is 0 Å². The number of nitro groups is 1. The van der Waals surface area contributed by atoms with Gasteiger partial charge in [-0.2, -0.15) is 0 Å². The lowest BCUT2D eigenvalue weighted by Gasteiger charge is -2.26. The summed E-state index contributed by atoms with van der Waals surface area (Å²) in [7, 11) is 0. The quantitative estimate of drug-likeness (QED) is 0.560. The normalized spacial score (nSPS) is 13.0. The van der Waals surface area contributed by atoms with E-state index in [1.54, 1.807) is 13.8 Å². The summed E-state index contributed by atoms with van der Waals surface area (Å²) in [5.41, 5.74) is 0.0793. The Morgan fingerprint density at radius 2 is 1.89 bits per heavy atom. The first-order valence-electron chi connectivity index (χ1n) is 6.52. The largest absolute Gasteiger partial charge is 0.300 e. The van der Waals surface area contributed by atoms with Crippen LogP contribution in [0.5, 0.6) is 0 Å². The van der Waals surface area contributed by atoms with E-state index in [4.69, 9.17) is 0 Å². The predicted octanol–water partition coefficient (Wildman–Crippen LogP) is 3.27. The molecule has 0 heterocycles. The summed E-state index contributed by atoms with van der Waals surface area (Å²) in [5, 5.41) is 11.1. The number of ketones is 1. The van der Waals surface area contributed by atoms with Gasteiger partial charge in [-0.15, -0.1) is 0 Å². The van der Waals surface area contributed by atoms with Crippen molar-refractivity contribution in [1.29, 1.82) is 0 Å². The second-order valence-corrected chi connectivity index (χ2v) is 5.54. The Morgan fingerprint density at radius 3 is 2.37 bits per heavy atom.